The summed E-state index contributed by atoms with van der Waals surface area (Å²) in [7, 11) is -2.57. The predicted molar refractivity (Wildman–Crippen MR) is 85.9 cm³/mol. The summed E-state index contributed by atoms with van der Waals surface area (Å²) in [6.07, 6.45) is 1.47. The number of hydrogen-bond acceptors (Lipinski definition) is 3. The quantitative estimate of drug-likeness (QED) is 0.815. The molecule has 0 radical (unpaired) electrons. The van der Waals surface area contributed by atoms with Gasteiger partial charge in [0.05, 0.1) is 11.2 Å². The molecule has 0 saturated carbocycles. The van der Waals surface area contributed by atoms with Gasteiger partial charge in [-0.05, 0) is 36.1 Å². The molecule has 0 aromatic heterocycles. The molecule has 2 aromatic carbocycles. The summed E-state index contributed by atoms with van der Waals surface area (Å²) in [4.78, 5) is 10.8. The molecule has 4 nitrogen and oxygen atoms in total. The highest BCUT2D eigenvalue weighted by atomic mass is 16.5. The van der Waals surface area contributed by atoms with Gasteiger partial charge in [-0.25, -0.2) is 0 Å². The van der Waals surface area contributed by atoms with Crippen molar-refractivity contribution in [3.63, 3.8) is 0 Å². The molecule has 0 aliphatic carbocycles. The van der Waals surface area contributed by atoms with Crippen LogP contribution >= 0.6 is 0 Å². The van der Waals surface area contributed by atoms with E-state index in [9.17, 15) is 4.79 Å². The van der Waals surface area contributed by atoms with Gasteiger partial charge in [-0.2, -0.15) is 0 Å². The Kier molecular flexibility index (Phi) is 4.44. The first-order valence-electron chi connectivity index (χ1n) is 8.60. The van der Waals surface area contributed by atoms with Crippen LogP contribution in [-0.4, -0.2) is 12.9 Å². The lowest BCUT2D eigenvalue weighted by Gasteiger charge is -2.12. The van der Waals surface area contributed by atoms with Crippen LogP contribution in [-0.2, 0) is 17.8 Å². The maximum Gasteiger partial charge on any atom is 0.217 e. The van der Waals surface area contributed by atoms with E-state index in [1.807, 2.05) is 36.4 Å². The van der Waals surface area contributed by atoms with Crippen molar-refractivity contribution >= 4 is 5.91 Å². The van der Waals surface area contributed by atoms with Crippen LogP contribution in [0, 0.1) is 0 Å². The van der Waals surface area contributed by atoms with Crippen molar-refractivity contribution < 1.29 is 18.4 Å². The molecule has 2 rings (SSSR count). The van der Waals surface area contributed by atoms with Crippen LogP contribution in [0.1, 0.15) is 28.1 Å². The number of ether oxygens (including phenoxy) is 2. The Morgan fingerprint density at radius 1 is 1.14 bits per heavy atom. The third-order valence-electron chi connectivity index (χ3n) is 3.24. The number of methoxy groups -OCH3 is 1. The molecule has 4 heteroatoms. The van der Waals surface area contributed by atoms with Gasteiger partial charge in [0.25, 0.3) is 0 Å². The van der Waals surface area contributed by atoms with Crippen molar-refractivity contribution in [2.24, 2.45) is 5.73 Å². The summed E-state index contributed by atoms with van der Waals surface area (Å²) in [5, 5.41) is 0. The van der Waals surface area contributed by atoms with Crippen LogP contribution < -0.4 is 15.2 Å². The number of nitrogens with two attached hydrogens (primary N) is 1. The maximum absolute atomic E-state index is 10.8. The van der Waals surface area contributed by atoms with E-state index in [4.69, 9.17) is 19.3 Å². The van der Waals surface area contributed by atoms with Gasteiger partial charge in [0, 0.05) is 6.42 Å². The van der Waals surface area contributed by atoms with Crippen molar-refractivity contribution in [3.05, 3.63) is 59.7 Å². The third-order valence-corrected chi connectivity index (χ3v) is 3.24. The van der Waals surface area contributed by atoms with Gasteiger partial charge < -0.3 is 15.2 Å². The van der Waals surface area contributed by atoms with Gasteiger partial charge >= 0.3 is 0 Å². The van der Waals surface area contributed by atoms with Gasteiger partial charge in [0.1, 0.15) is 6.61 Å². The first kappa shape index (κ1) is 12.1. The summed E-state index contributed by atoms with van der Waals surface area (Å²) < 4.78 is 32.8. The number of benzene rings is 2. The van der Waals surface area contributed by atoms with E-state index < -0.39 is 7.04 Å². The number of carbonyl (C=O) groups is 1. The molecular weight excluding hydrogens is 278 g/mol. The number of carbonyl (C=O) groups excluding carboxylic acids is 1. The Hall–Kier alpha value is -2.49. The molecule has 0 spiro atoms. The highest BCUT2D eigenvalue weighted by molar-refractivity contribution is 5.73. The van der Waals surface area contributed by atoms with E-state index in [-0.39, 0.29) is 18.1 Å². The van der Waals surface area contributed by atoms with Crippen LogP contribution in [0.3, 0.4) is 0 Å². The maximum atomic E-state index is 10.8. The first-order valence-corrected chi connectivity index (χ1v) is 7.10. The van der Waals surface area contributed by atoms with E-state index >= 15 is 0 Å². The second-order valence-electron chi connectivity index (χ2n) is 4.98. The minimum absolute atomic E-state index is 0.160. The highest BCUT2D eigenvalue weighted by Gasteiger charge is 2.07. The molecular formula is C18H21NO3. The summed E-state index contributed by atoms with van der Waals surface area (Å²) in [6, 6.07) is 14.7. The smallest absolute Gasteiger partial charge is 0.217 e. The van der Waals surface area contributed by atoms with Crippen LogP contribution in [0.5, 0.6) is 11.5 Å². The average Bonchev–Trinajstić information content (AvgIpc) is 2.53. The molecule has 22 heavy (non-hydrogen) atoms. The number of primary amides is 1. The first-order chi connectivity index (χ1) is 11.8. The topological polar surface area (TPSA) is 61.5 Å². The number of aryl methyl sites for hydroxylation is 1. The van der Waals surface area contributed by atoms with Crippen LogP contribution in [0.4, 0.5) is 0 Å². The van der Waals surface area contributed by atoms with Gasteiger partial charge in [-0.1, -0.05) is 36.4 Å². The monoisotopic (exact) mass is 302 g/mol. The van der Waals surface area contributed by atoms with E-state index in [0.29, 0.717) is 25.2 Å². The van der Waals surface area contributed by atoms with Crippen molar-refractivity contribution in [3.8, 4) is 11.5 Å². The Morgan fingerprint density at radius 2 is 1.95 bits per heavy atom. The summed E-state index contributed by atoms with van der Waals surface area (Å²) in [5.74, 6) is 0.160. The van der Waals surface area contributed by atoms with Crippen LogP contribution in [0.15, 0.2) is 48.5 Å². The molecule has 116 valence electrons. The lowest BCUT2D eigenvalue weighted by Crippen LogP contribution is -2.10. The molecule has 0 atom stereocenters. The summed E-state index contributed by atoms with van der Waals surface area (Å²) in [5.41, 5.74) is 6.95. The Labute approximate surface area is 135 Å². The minimum atomic E-state index is -2.57. The Morgan fingerprint density at radius 3 is 2.68 bits per heavy atom. The Balaban J connectivity index is 2.11. The number of hydrogen-bond donors (Lipinski definition) is 1. The standard InChI is InChI=1S/C18H21NO3/c1-21-17-12-14(8-5-9-18(19)20)10-11-16(17)22-13-15-6-3-2-4-7-15/h2-4,6-7,10-12H,5,8-9,13H2,1H3,(H2,19,20)/i1D3. The molecule has 2 N–H and O–H groups in total. The van der Waals surface area contributed by atoms with E-state index in [2.05, 4.69) is 0 Å². The molecule has 1 amide bonds. The number of amides is 1. The Bertz CT molecular complexity index is 702. The molecule has 0 fully saturated rings. The number of rotatable bonds is 8. The molecule has 2 aromatic rings. The van der Waals surface area contributed by atoms with Gasteiger partial charge in [0.15, 0.2) is 11.5 Å². The molecule has 0 unspecified atom stereocenters. The third kappa shape index (κ3) is 4.81. The zero-order chi connectivity index (χ0) is 18.3. The lowest BCUT2D eigenvalue weighted by atomic mass is 10.1. The second-order valence-corrected chi connectivity index (χ2v) is 4.98. The predicted octanol–water partition coefficient (Wildman–Crippen LogP) is 3.08. The molecule has 0 aliphatic heterocycles. The fourth-order valence-electron chi connectivity index (χ4n) is 2.11. The van der Waals surface area contributed by atoms with E-state index in [1.54, 1.807) is 12.1 Å². The zero-order valence-electron chi connectivity index (χ0n) is 15.2. The fourth-order valence-corrected chi connectivity index (χ4v) is 2.11. The highest BCUT2D eigenvalue weighted by Crippen LogP contribution is 2.29. The SMILES string of the molecule is [2H]C([2H])([2H])Oc1cc(CCCC(N)=O)ccc1OCc1ccccc1. The summed E-state index contributed by atoms with van der Waals surface area (Å²) >= 11 is 0. The van der Waals surface area contributed by atoms with Crippen molar-refractivity contribution in [2.75, 3.05) is 7.04 Å². The van der Waals surface area contributed by atoms with Crippen molar-refractivity contribution in [1.29, 1.82) is 0 Å². The van der Waals surface area contributed by atoms with Gasteiger partial charge in [-0.3, -0.25) is 4.79 Å². The normalized spacial score (nSPS) is 12.8. The molecule has 0 heterocycles. The molecule has 0 aliphatic rings. The lowest BCUT2D eigenvalue weighted by molar-refractivity contribution is -0.118. The van der Waals surface area contributed by atoms with Gasteiger partial charge in [-0.15, -0.1) is 0 Å². The van der Waals surface area contributed by atoms with E-state index in [1.165, 1.54) is 0 Å². The zero-order valence-corrected chi connectivity index (χ0v) is 12.2. The largest absolute Gasteiger partial charge is 0.493 e. The van der Waals surface area contributed by atoms with Crippen LogP contribution in [0.2, 0.25) is 0 Å². The second kappa shape index (κ2) is 8.08. The van der Waals surface area contributed by atoms with Crippen molar-refractivity contribution in [2.45, 2.75) is 25.9 Å². The van der Waals surface area contributed by atoms with Crippen LogP contribution in [0.25, 0.3) is 0 Å². The average molecular weight is 302 g/mol. The van der Waals surface area contributed by atoms with Crippen molar-refractivity contribution in [1.82, 2.24) is 0 Å². The minimum Gasteiger partial charge on any atom is -0.493 e. The fraction of sp³-hybridized carbons (Fsp3) is 0.278. The summed E-state index contributed by atoms with van der Waals surface area (Å²) in [6.45, 7) is 0.305. The molecule has 0 bridgehead atoms. The molecule has 0 saturated heterocycles. The van der Waals surface area contributed by atoms with E-state index in [0.717, 1.165) is 11.1 Å². The van der Waals surface area contributed by atoms with Gasteiger partial charge in [0.2, 0.25) is 5.91 Å².